The lowest BCUT2D eigenvalue weighted by atomic mass is 10.1. The Kier molecular flexibility index (Phi) is 6.70. The number of halogens is 4. The minimum absolute atomic E-state index is 0.233. The van der Waals surface area contributed by atoms with Crippen LogP contribution < -0.4 is 4.74 Å². The maximum Gasteiger partial charge on any atom is 0.237 e. The van der Waals surface area contributed by atoms with Crippen LogP contribution in [0.15, 0.2) is 45.5 Å². The van der Waals surface area contributed by atoms with Gasteiger partial charge >= 0.3 is 0 Å². The molecule has 4 nitrogen and oxygen atoms in total. The van der Waals surface area contributed by atoms with E-state index in [0.29, 0.717) is 28.2 Å². The molecule has 0 radical (unpaired) electrons. The second-order valence-corrected chi connectivity index (χ2v) is 7.52. The summed E-state index contributed by atoms with van der Waals surface area (Å²) in [4.78, 5) is 16.1. The fourth-order valence-corrected chi connectivity index (χ4v) is 3.45. The molecule has 3 aromatic rings. The lowest BCUT2D eigenvalue weighted by Gasteiger charge is -2.17. The van der Waals surface area contributed by atoms with Gasteiger partial charge in [0.2, 0.25) is 5.89 Å². The third kappa shape index (κ3) is 4.67. The Hall–Kier alpha value is -2.25. The number of hydrogen-bond donors (Lipinski definition) is 0. The smallest absolute Gasteiger partial charge is 0.237 e. The molecule has 0 bridgehead atoms. The third-order valence-corrected chi connectivity index (χ3v) is 5.01. The van der Waals surface area contributed by atoms with E-state index < -0.39 is 29.1 Å². The van der Waals surface area contributed by atoms with Crippen molar-refractivity contribution >= 4 is 33.3 Å². The first-order valence-corrected chi connectivity index (χ1v) is 10.1. The van der Waals surface area contributed by atoms with Gasteiger partial charge in [0.05, 0.1) is 5.56 Å². The first kappa shape index (κ1) is 21.5. The Morgan fingerprint density at radius 1 is 1.24 bits per heavy atom. The Morgan fingerprint density at radius 2 is 1.93 bits per heavy atom. The standard InChI is InChI=1S/C21H17BrClF2NO3/c1-3-4-16(28-15-10-9-14(24)17(11(2)27)18(15)25)21-26-19(20(22)29-21)12-5-7-13(23)8-6-12/h5-10,16H,3-4H2,1-2H3. The molecule has 0 N–H and O–H groups in total. The van der Waals surface area contributed by atoms with E-state index in [1.54, 1.807) is 24.3 Å². The van der Waals surface area contributed by atoms with E-state index in [0.717, 1.165) is 24.6 Å². The summed E-state index contributed by atoms with van der Waals surface area (Å²) in [5, 5.41) is 0.592. The molecule has 0 spiro atoms. The molecular formula is C21H17BrClF2NO3. The molecule has 1 unspecified atom stereocenters. The molecule has 0 fully saturated rings. The van der Waals surface area contributed by atoms with Crippen LogP contribution in [0.5, 0.6) is 5.75 Å². The van der Waals surface area contributed by atoms with Crippen molar-refractivity contribution in [3.05, 3.63) is 69.2 Å². The van der Waals surface area contributed by atoms with Crippen LogP contribution in [0.3, 0.4) is 0 Å². The van der Waals surface area contributed by atoms with E-state index in [1.807, 2.05) is 6.92 Å². The van der Waals surface area contributed by atoms with Gasteiger partial charge in [0.1, 0.15) is 11.5 Å². The number of ether oxygens (including phenoxy) is 1. The van der Waals surface area contributed by atoms with E-state index >= 15 is 0 Å². The molecule has 1 heterocycles. The second kappa shape index (κ2) is 9.05. The summed E-state index contributed by atoms with van der Waals surface area (Å²) < 4.78 is 40.3. The third-order valence-electron chi connectivity index (χ3n) is 4.22. The fraction of sp³-hybridized carbons (Fsp3) is 0.238. The number of carbonyl (C=O) groups is 1. The average molecular weight is 485 g/mol. The predicted octanol–water partition coefficient (Wildman–Crippen LogP) is 7.16. The molecule has 152 valence electrons. The van der Waals surface area contributed by atoms with Gasteiger partial charge in [-0.1, -0.05) is 37.1 Å². The van der Waals surface area contributed by atoms with Gasteiger partial charge in [-0.3, -0.25) is 4.79 Å². The van der Waals surface area contributed by atoms with Crippen LogP contribution >= 0.6 is 27.5 Å². The van der Waals surface area contributed by atoms with Crippen molar-refractivity contribution in [1.82, 2.24) is 4.98 Å². The fourth-order valence-electron chi connectivity index (χ4n) is 2.84. The molecule has 0 aliphatic rings. The molecule has 8 heteroatoms. The maximum absolute atomic E-state index is 14.6. The number of hydrogen-bond acceptors (Lipinski definition) is 4. The van der Waals surface area contributed by atoms with Crippen molar-refractivity contribution in [1.29, 1.82) is 0 Å². The molecule has 0 aliphatic heterocycles. The van der Waals surface area contributed by atoms with Crippen LogP contribution in [0.4, 0.5) is 8.78 Å². The van der Waals surface area contributed by atoms with Gasteiger partial charge in [0.15, 0.2) is 28.1 Å². The zero-order chi connectivity index (χ0) is 21.1. The topological polar surface area (TPSA) is 52.3 Å². The van der Waals surface area contributed by atoms with Crippen LogP contribution in [-0.4, -0.2) is 10.8 Å². The number of nitrogens with zero attached hydrogens (tertiary/aromatic N) is 1. The molecule has 29 heavy (non-hydrogen) atoms. The first-order chi connectivity index (χ1) is 13.8. The number of Topliss-reactive ketones (excluding diaryl/α,β-unsaturated/α-hetero) is 1. The van der Waals surface area contributed by atoms with Gasteiger partial charge in [0.25, 0.3) is 0 Å². The van der Waals surface area contributed by atoms with Gasteiger partial charge in [-0.05, 0) is 53.5 Å². The summed E-state index contributed by atoms with van der Waals surface area (Å²) in [6.07, 6.45) is 0.444. The highest BCUT2D eigenvalue weighted by atomic mass is 79.9. The molecule has 3 rings (SSSR count). The minimum Gasteiger partial charge on any atom is -0.478 e. The Bertz CT molecular complexity index is 1040. The zero-order valence-corrected chi connectivity index (χ0v) is 18.0. The molecule has 1 atom stereocenters. The maximum atomic E-state index is 14.6. The Morgan fingerprint density at radius 3 is 2.55 bits per heavy atom. The number of aromatic nitrogens is 1. The van der Waals surface area contributed by atoms with Crippen LogP contribution in [0.2, 0.25) is 5.02 Å². The van der Waals surface area contributed by atoms with Crippen molar-refractivity contribution in [3.8, 4) is 17.0 Å². The van der Waals surface area contributed by atoms with Gasteiger partial charge in [-0.25, -0.2) is 13.8 Å². The van der Waals surface area contributed by atoms with Crippen molar-refractivity contribution in [2.45, 2.75) is 32.8 Å². The molecule has 0 amide bonds. The van der Waals surface area contributed by atoms with Crippen molar-refractivity contribution < 1.29 is 22.7 Å². The molecule has 1 aromatic heterocycles. The number of ketones is 1. The van der Waals surface area contributed by atoms with Crippen molar-refractivity contribution in [2.24, 2.45) is 0 Å². The van der Waals surface area contributed by atoms with Gasteiger partial charge in [-0.2, -0.15) is 0 Å². The molecule has 0 saturated carbocycles. The minimum atomic E-state index is -1.04. The van der Waals surface area contributed by atoms with Crippen LogP contribution in [-0.2, 0) is 0 Å². The lowest BCUT2D eigenvalue weighted by molar-refractivity contribution is 0.100. The van der Waals surface area contributed by atoms with Gasteiger partial charge < -0.3 is 9.15 Å². The second-order valence-electron chi connectivity index (χ2n) is 6.37. The number of oxazole rings is 1. The Labute approximate surface area is 180 Å². The molecular weight excluding hydrogens is 468 g/mol. The highest BCUT2D eigenvalue weighted by Crippen LogP contribution is 2.35. The first-order valence-electron chi connectivity index (χ1n) is 8.89. The van der Waals surface area contributed by atoms with Crippen LogP contribution in [0.25, 0.3) is 11.3 Å². The largest absolute Gasteiger partial charge is 0.478 e. The lowest BCUT2D eigenvalue weighted by Crippen LogP contribution is -2.11. The molecule has 0 saturated heterocycles. The number of carbonyl (C=O) groups excluding carboxylic acids is 1. The van der Waals surface area contributed by atoms with E-state index in [9.17, 15) is 13.6 Å². The normalized spacial score (nSPS) is 12.1. The highest BCUT2D eigenvalue weighted by Gasteiger charge is 2.25. The summed E-state index contributed by atoms with van der Waals surface area (Å²) in [6.45, 7) is 3.02. The zero-order valence-electron chi connectivity index (χ0n) is 15.6. The number of rotatable bonds is 7. The van der Waals surface area contributed by atoms with Crippen molar-refractivity contribution in [2.75, 3.05) is 0 Å². The number of benzene rings is 2. The van der Waals surface area contributed by atoms with E-state index in [1.165, 1.54) is 0 Å². The monoisotopic (exact) mass is 483 g/mol. The van der Waals surface area contributed by atoms with Crippen LogP contribution in [0, 0.1) is 11.6 Å². The average Bonchev–Trinajstić information content (AvgIpc) is 3.05. The summed E-state index contributed by atoms with van der Waals surface area (Å²) >= 11 is 9.27. The van der Waals surface area contributed by atoms with Gasteiger partial charge in [-0.15, -0.1) is 0 Å². The predicted molar refractivity (Wildman–Crippen MR) is 109 cm³/mol. The summed E-state index contributed by atoms with van der Waals surface area (Å²) in [5.41, 5.74) is 0.692. The van der Waals surface area contributed by atoms with E-state index in [-0.39, 0.29) is 11.6 Å². The van der Waals surface area contributed by atoms with Gasteiger partial charge in [0, 0.05) is 10.6 Å². The summed E-state index contributed by atoms with van der Waals surface area (Å²) in [5.74, 6) is -2.70. The van der Waals surface area contributed by atoms with Crippen LogP contribution in [0.1, 0.15) is 49.0 Å². The summed E-state index contributed by atoms with van der Waals surface area (Å²) in [6, 6.07) is 9.21. The quantitative estimate of drug-likeness (QED) is 0.334. The SMILES string of the molecule is CCCC(Oc1ccc(F)c(C(C)=O)c1F)c1nc(-c2ccc(Cl)cc2)c(Br)o1. The van der Waals surface area contributed by atoms with Crippen molar-refractivity contribution in [3.63, 3.8) is 0 Å². The van der Waals surface area contributed by atoms with E-state index in [2.05, 4.69) is 20.9 Å². The van der Waals surface area contributed by atoms with E-state index in [4.69, 9.17) is 20.8 Å². The molecule has 0 aliphatic carbocycles. The highest BCUT2D eigenvalue weighted by molar-refractivity contribution is 9.10. The molecule has 2 aromatic carbocycles. The Balaban J connectivity index is 1.96. The summed E-state index contributed by atoms with van der Waals surface area (Å²) in [7, 11) is 0.